The molecule has 45 heavy (non-hydrogen) atoms. The zero-order chi connectivity index (χ0) is 31.7. The summed E-state index contributed by atoms with van der Waals surface area (Å²) in [5, 5.41) is 9.87. The fourth-order valence-electron chi connectivity index (χ4n) is 4.92. The molecular weight excluding hydrogens is 604 g/mol. The number of benzene rings is 1. The summed E-state index contributed by atoms with van der Waals surface area (Å²) in [6.07, 6.45) is 8.87. The van der Waals surface area contributed by atoms with Crippen molar-refractivity contribution in [2.24, 2.45) is 0 Å². The number of pyridine rings is 3. The number of carbonyl (C=O) groups is 1. The van der Waals surface area contributed by atoms with Gasteiger partial charge in [0.2, 0.25) is 15.9 Å². The topological polar surface area (TPSA) is 171 Å². The molecule has 6 aromatic rings. The van der Waals surface area contributed by atoms with Crippen LogP contribution >= 0.6 is 0 Å². The van der Waals surface area contributed by atoms with Gasteiger partial charge in [-0.25, -0.2) is 36.9 Å². The number of nitrogens with one attached hydrogen (secondary N) is 4. The molecule has 1 aromatic carbocycles. The van der Waals surface area contributed by atoms with E-state index in [2.05, 4.69) is 45.2 Å². The maximum atomic E-state index is 16.2. The SMILES string of the molecule is CCCCC(=O)Nc1cncc(-c2cnc3[nH]nc(-c4nc5c(-c6cc(F)cc(CNS(C)(=O)=O)c6)ccnc5[nH]4)c3c2F)c1. The largest absolute Gasteiger partial charge is 0.325 e. The molecule has 1 amide bonds. The highest BCUT2D eigenvalue weighted by atomic mass is 32.2. The van der Waals surface area contributed by atoms with Crippen molar-refractivity contribution in [3.63, 3.8) is 0 Å². The number of carbonyl (C=O) groups excluding carboxylic acids is 1. The molecule has 15 heteroatoms. The predicted molar refractivity (Wildman–Crippen MR) is 165 cm³/mol. The monoisotopic (exact) mass is 631 g/mol. The highest BCUT2D eigenvalue weighted by molar-refractivity contribution is 7.88. The molecule has 0 aliphatic heterocycles. The van der Waals surface area contributed by atoms with Crippen LogP contribution in [0.1, 0.15) is 31.7 Å². The molecule has 0 saturated carbocycles. The molecule has 5 aromatic heterocycles. The highest BCUT2D eigenvalue weighted by Gasteiger charge is 2.22. The number of amides is 1. The van der Waals surface area contributed by atoms with Crippen molar-refractivity contribution in [1.29, 1.82) is 0 Å². The van der Waals surface area contributed by atoms with Crippen molar-refractivity contribution in [3.8, 4) is 33.8 Å². The Labute approximate surface area is 255 Å². The summed E-state index contributed by atoms with van der Waals surface area (Å²) in [4.78, 5) is 32.8. The number of unbranched alkanes of at least 4 members (excludes halogenated alkanes) is 1. The summed E-state index contributed by atoms with van der Waals surface area (Å²) in [6, 6.07) is 7.47. The number of aromatic nitrogens is 7. The Balaban J connectivity index is 1.38. The van der Waals surface area contributed by atoms with Crippen LogP contribution in [-0.2, 0) is 21.4 Å². The van der Waals surface area contributed by atoms with Crippen LogP contribution in [-0.4, -0.2) is 55.7 Å². The van der Waals surface area contributed by atoms with Gasteiger partial charge in [-0.3, -0.25) is 14.9 Å². The van der Waals surface area contributed by atoms with E-state index in [0.717, 1.165) is 19.1 Å². The minimum atomic E-state index is -3.49. The van der Waals surface area contributed by atoms with Crippen molar-refractivity contribution in [3.05, 3.63) is 72.3 Å². The van der Waals surface area contributed by atoms with Crippen LogP contribution in [0.2, 0.25) is 0 Å². The Morgan fingerprint density at radius 2 is 1.84 bits per heavy atom. The molecule has 0 radical (unpaired) electrons. The van der Waals surface area contributed by atoms with Gasteiger partial charge in [-0.2, -0.15) is 5.10 Å². The van der Waals surface area contributed by atoms with Gasteiger partial charge >= 0.3 is 0 Å². The molecular formula is C30H27F2N9O3S. The van der Waals surface area contributed by atoms with Gasteiger partial charge in [0, 0.05) is 48.2 Å². The third-order valence-electron chi connectivity index (χ3n) is 7.03. The van der Waals surface area contributed by atoms with E-state index in [1.54, 1.807) is 18.2 Å². The fourth-order valence-corrected chi connectivity index (χ4v) is 5.35. The first-order valence-electron chi connectivity index (χ1n) is 14.0. The molecule has 6 rings (SSSR count). The van der Waals surface area contributed by atoms with Crippen molar-refractivity contribution in [1.82, 2.24) is 39.8 Å². The van der Waals surface area contributed by atoms with Gasteiger partial charge in [-0.1, -0.05) is 13.3 Å². The molecule has 0 bridgehead atoms. The zero-order valence-corrected chi connectivity index (χ0v) is 25.0. The number of hydrogen-bond donors (Lipinski definition) is 4. The van der Waals surface area contributed by atoms with Crippen LogP contribution in [0.3, 0.4) is 0 Å². The predicted octanol–water partition coefficient (Wildman–Crippen LogP) is 5.08. The molecule has 12 nitrogen and oxygen atoms in total. The summed E-state index contributed by atoms with van der Waals surface area (Å²) in [7, 11) is -3.49. The minimum absolute atomic E-state index is 0.0744. The standard InChI is InChI=1S/C30H27F2N9O3S/c1-3-4-5-23(42)37-20-11-18(13-33-14-20)22-15-35-28-24(25(22)32)27(40-41-28)30-38-26-21(6-7-34-29(26)39-30)17-8-16(9-19(31)10-17)12-36-45(2,43)44/h6-11,13-15,36H,3-5,12H2,1-2H3,(H,37,42)(H,34,38,39)(H,35,40,41). The Kier molecular flexibility index (Phi) is 8.03. The zero-order valence-electron chi connectivity index (χ0n) is 24.1. The lowest BCUT2D eigenvalue weighted by atomic mass is 10.0. The lowest BCUT2D eigenvalue weighted by Gasteiger charge is -2.08. The van der Waals surface area contributed by atoms with Crippen molar-refractivity contribution < 1.29 is 22.0 Å². The first-order chi connectivity index (χ1) is 21.6. The number of sulfonamides is 1. The van der Waals surface area contributed by atoms with Crippen LogP contribution in [0.4, 0.5) is 14.5 Å². The Bertz CT molecular complexity index is 2180. The number of anilines is 1. The van der Waals surface area contributed by atoms with Gasteiger partial charge in [0.25, 0.3) is 0 Å². The molecule has 0 aliphatic carbocycles. The van der Waals surface area contributed by atoms with Crippen molar-refractivity contribution >= 4 is 43.8 Å². The molecule has 0 unspecified atom stereocenters. The van der Waals surface area contributed by atoms with E-state index in [1.807, 2.05) is 6.92 Å². The van der Waals surface area contributed by atoms with Gasteiger partial charge in [-0.15, -0.1) is 0 Å². The van der Waals surface area contributed by atoms with Gasteiger partial charge in [-0.05, 0) is 47.9 Å². The van der Waals surface area contributed by atoms with Crippen LogP contribution < -0.4 is 10.0 Å². The minimum Gasteiger partial charge on any atom is -0.325 e. The first-order valence-corrected chi connectivity index (χ1v) is 15.9. The summed E-state index contributed by atoms with van der Waals surface area (Å²) in [5.41, 5.74) is 3.41. The van der Waals surface area contributed by atoms with E-state index >= 15 is 4.39 Å². The summed E-state index contributed by atoms with van der Waals surface area (Å²) < 4.78 is 56.2. The van der Waals surface area contributed by atoms with Crippen LogP contribution in [0, 0.1) is 11.6 Å². The van der Waals surface area contributed by atoms with Crippen LogP contribution in [0.15, 0.2) is 55.1 Å². The average Bonchev–Trinajstić information content (AvgIpc) is 3.63. The number of imidazole rings is 1. The van der Waals surface area contributed by atoms with Crippen molar-refractivity contribution in [2.45, 2.75) is 32.7 Å². The van der Waals surface area contributed by atoms with E-state index in [-0.39, 0.29) is 40.6 Å². The number of fused-ring (bicyclic) bond motifs is 2. The highest BCUT2D eigenvalue weighted by Crippen LogP contribution is 2.35. The number of halogens is 2. The summed E-state index contributed by atoms with van der Waals surface area (Å²) in [6.45, 7) is 1.90. The van der Waals surface area contributed by atoms with Gasteiger partial charge in [0.1, 0.15) is 22.8 Å². The summed E-state index contributed by atoms with van der Waals surface area (Å²) >= 11 is 0. The second kappa shape index (κ2) is 12.1. The van der Waals surface area contributed by atoms with E-state index in [4.69, 9.17) is 0 Å². The number of aromatic amines is 2. The molecule has 0 saturated heterocycles. The normalized spacial score (nSPS) is 11.8. The Hall–Kier alpha value is -5.15. The van der Waals surface area contributed by atoms with Gasteiger partial charge in [0.15, 0.2) is 17.1 Å². The third-order valence-corrected chi connectivity index (χ3v) is 7.70. The van der Waals surface area contributed by atoms with Crippen LogP contribution in [0.5, 0.6) is 0 Å². The molecule has 0 aliphatic rings. The van der Waals surface area contributed by atoms with E-state index in [1.165, 1.54) is 36.9 Å². The molecule has 0 atom stereocenters. The van der Waals surface area contributed by atoms with Gasteiger partial charge in [0.05, 0.1) is 23.5 Å². The summed E-state index contributed by atoms with van der Waals surface area (Å²) in [5.74, 6) is -1.14. The van der Waals surface area contributed by atoms with Crippen molar-refractivity contribution in [2.75, 3.05) is 11.6 Å². The lowest BCUT2D eigenvalue weighted by Crippen LogP contribution is -2.21. The van der Waals surface area contributed by atoms with Crippen LogP contribution in [0.25, 0.3) is 56.0 Å². The molecule has 0 spiro atoms. The quantitative estimate of drug-likeness (QED) is 0.162. The maximum Gasteiger partial charge on any atom is 0.224 e. The average molecular weight is 632 g/mol. The smallest absolute Gasteiger partial charge is 0.224 e. The molecule has 230 valence electrons. The van der Waals surface area contributed by atoms with E-state index in [0.29, 0.717) is 45.5 Å². The Morgan fingerprint density at radius 3 is 2.64 bits per heavy atom. The first kappa shape index (κ1) is 29.9. The molecule has 4 N–H and O–H groups in total. The van der Waals surface area contributed by atoms with E-state index in [9.17, 15) is 17.6 Å². The van der Waals surface area contributed by atoms with E-state index < -0.39 is 21.7 Å². The lowest BCUT2D eigenvalue weighted by molar-refractivity contribution is -0.116. The fraction of sp³-hybridized carbons (Fsp3) is 0.200. The van der Waals surface area contributed by atoms with Gasteiger partial charge < -0.3 is 10.3 Å². The molecule has 5 heterocycles. The number of nitrogens with zero attached hydrogens (tertiary/aromatic N) is 5. The Morgan fingerprint density at radius 1 is 1.00 bits per heavy atom. The number of rotatable bonds is 10. The molecule has 0 fully saturated rings. The third kappa shape index (κ3) is 6.39. The maximum absolute atomic E-state index is 16.2. The number of H-pyrrole nitrogens is 2. The number of hydrogen-bond acceptors (Lipinski definition) is 8. The second-order valence-corrected chi connectivity index (χ2v) is 12.3. The second-order valence-electron chi connectivity index (χ2n) is 10.5.